The van der Waals surface area contributed by atoms with Gasteiger partial charge in [0.05, 0.1) is 18.1 Å². The lowest BCUT2D eigenvalue weighted by Crippen LogP contribution is -2.66. The van der Waals surface area contributed by atoms with Crippen LogP contribution in [0, 0.1) is 23.7 Å². The first-order valence-corrected chi connectivity index (χ1v) is 13.6. The zero-order chi connectivity index (χ0) is 26.1. The molecule has 3 aliphatic rings. The molecule has 3 saturated heterocycles. The van der Waals surface area contributed by atoms with Gasteiger partial charge in [-0.3, -0.25) is 4.79 Å². The van der Waals surface area contributed by atoms with E-state index in [-0.39, 0.29) is 5.92 Å². The number of rotatable bonds is 7. The van der Waals surface area contributed by atoms with Crippen molar-refractivity contribution < 1.29 is 42.8 Å². The fourth-order valence-corrected chi connectivity index (χ4v) is 6.27. The summed E-state index contributed by atoms with van der Waals surface area (Å²) in [5.74, 6) is -1.68. The van der Waals surface area contributed by atoms with Crippen LogP contribution in [0.5, 0.6) is 0 Å². The number of alkyl halides is 3. The van der Waals surface area contributed by atoms with E-state index < -0.39 is 66.0 Å². The Morgan fingerprint density at radius 2 is 1.86 bits per heavy atom. The van der Waals surface area contributed by atoms with E-state index in [2.05, 4.69) is 24.5 Å². The molecule has 204 valence electrons. The van der Waals surface area contributed by atoms with Crippen LogP contribution in [0.25, 0.3) is 0 Å². The van der Waals surface area contributed by atoms with Crippen LogP contribution in [0.15, 0.2) is 0 Å². The zero-order valence-electron chi connectivity index (χ0n) is 20.6. The Labute approximate surface area is 208 Å². The van der Waals surface area contributed by atoms with Gasteiger partial charge in [0, 0.05) is 13.2 Å². The van der Waals surface area contributed by atoms with E-state index in [0.29, 0.717) is 25.0 Å². The molecule has 0 saturated carbocycles. The van der Waals surface area contributed by atoms with E-state index in [1.54, 1.807) is 6.26 Å². The van der Waals surface area contributed by atoms with Gasteiger partial charge in [0.1, 0.15) is 35.9 Å². The largest absolute Gasteiger partial charge is 0.393 e. The summed E-state index contributed by atoms with van der Waals surface area (Å²) in [6.45, 7) is 6.23. The number of hydrogen-bond acceptors (Lipinski definition) is 8. The van der Waals surface area contributed by atoms with E-state index >= 15 is 0 Å². The van der Waals surface area contributed by atoms with Crippen molar-refractivity contribution in [2.45, 2.75) is 94.2 Å². The number of ether oxygens (including phenoxy) is 2. The lowest BCUT2D eigenvalue weighted by molar-refractivity contribution is -0.231. The molecule has 0 bridgehead atoms. The predicted molar refractivity (Wildman–Crippen MR) is 125 cm³/mol. The number of aliphatic hydroxyl groups is 3. The first-order valence-electron chi connectivity index (χ1n) is 12.3. The van der Waals surface area contributed by atoms with Crippen LogP contribution in [-0.4, -0.2) is 94.8 Å². The molecule has 0 radical (unpaired) electrons. The van der Waals surface area contributed by atoms with Gasteiger partial charge < -0.3 is 35.4 Å². The molecule has 3 rings (SSSR count). The van der Waals surface area contributed by atoms with Crippen LogP contribution in [0.2, 0.25) is 0 Å². The molecule has 3 fully saturated rings. The van der Waals surface area contributed by atoms with Gasteiger partial charge >= 0.3 is 6.18 Å². The molecule has 4 unspecified atom stereocenters. The van der Waals surface area contributed by atoms with Gasteiger partial charge in [-0.05, 0) is 43.3 Å². The highest BCUT2D eigenvalue weighted by Crippen LogP contribution is 2.37. The number of hydrogen-bond donors (Lipinski definition) is 5. The first kappa shape index (κ1) is 28.9. The molecule has 0 aliphatic carbocycles. The van der Waals surface area contributed by atoms with Gasteiger partial charge in [-0.25, -0.2) is 0 Å². The fourth-order valence-electron chi connectivity index (χ4n) is 5.59. The maximum Gasteiger partial charge on any atom is 0.393 e. The van der Waals surface area contributed by atoms with E-state index in [0.717, 1.165) is 37.9 Å². The van der Waals surface area contributed by atoms with E-state index in [1.165, 1.54) is 0 Å². The van der Waals surface area contributed by atoms with Crippen molar-refractivity contribution in [3.8, 4) is 0 Å². The molecule has 0 aromatic heterocycles. The summed E-state index contributed by atoms with van der Waals surface area (Å²) in [4.78, 5) is 13.3. The summed E-state index contributed by atoms with van der Waals surface area (Å²) in [6, 6.07) is -2.53. The van der Waals surface area contributed by atoms with Crippen LogP contribution < -0.4 is 10.6 Å². The summed E-state index contributed by atoms with van der Waals surface area (Å²) >= 11 is 0.996. The highest BCUT2D eigenvalue weighted by Gasteiger charge is 2.54. The van der Waals surface area contributed by atoms with Crippen molar-refractivity contribution in [3.63, 3.8) is 0 Å². The SMILES string of the molecule is CSC1O[C@H]([C@H](NC(=O)[C@H]2NC[C@@H]3C[C@H](CC(C)C)CCO[C@H]32)C(C)C(F)(F)F)C(O)C(O)[C@H]1O. The van der Waals surface area contributed by atoms with Gasteiger partial charge in [0.2, 0.25) is 5.91 Å². The van der Waals surface area contributed by atoms with Crippen LogP contribution >= 0.6 is 11.8 Å². The Bertz CT molecular complexity index is 715. The monoisotopic (exact) mass is 528 g/mol. The normalized spacial score (nSPS) is 40.1. The van der Waals surface area contributed by atoms with Crippen molar-refractivity contribution in [2.75, 3.05) is 19.4 Å². The molecule has 0 aromatic carbocycles. The molecule has 3 aliphatic heterocycles. The highest BCUT2D eigenvalue weighted by molar-refractivity contribution is 7.99. The second-order valence-corrected chi connectivity index (χ2v) is 11.5. The third-order valence-electron chi connectivity index (χ3n) is 7.51. The summed E-state index contributed by atoms with van der Waals surface area (Å²) < 4.78 is 53.0. The molecule has 8 nitrogen and oxygen atoms in total. The molecule has 12 heteroatoms. The third kappa shape index (κ3) is 6.63. The van der Waals surface area contributed by atoms with E-state index in [9.17, 15) is 33.3 Å². The number of carbonyl (C=O) groups excluding carboxylic acids is 1. The number of nitrogens with one attached hydrogen (secondary N) is 2. The summed E-state index contributed by atoms with van der Waals surface area (Å²) in [5, 5.41) is 36.4. The lowest BCUT2D eigenvalue weighted by Gasteiger charge is -2.45. The molecule has 0 aromatic rings. The molecule has 11 atom stereocenters. The van der Waals surface area contributed by atoms with Crippen LogP contribution in [0.4, 0.5) is 13.2 Å². The second kappa shape index (κ2) is 11.8. The van der Waals surface area contributed by atoms with Gasteiger partial charge in [0.15, 0.2) is 0 Å². The van der Waals surface area contributed by atoms with Crippen LogP contribution in [0.3, 0.4) is 0 Å². The third-order valence-corrected chi connectivity index (χ3v) is 8.36. The quantitative estimate of drug-likeness (QED) is 0.335. The molecule has 1 amide bonds. The van der Waals surface area contributed by atoms with Gasteiger partial charge in [-0.1, -0.05) is 20.8 Å². The minimum Gasteiger partial charge on any atom is -0.388 e. The topological polar surface area (TPSA) is 120 Å². The van der Waals surface area contributed by atoms with Crippen LogP contribution in [-0.2, 0) is 14.3 Å². The molecule has 3 heterocycles. The summed E-state index contributed by atoms with van der Waals surface area (Å²) in [5.41, 5.74) is -1.06. The molecule has 0 spiro atoms. The Morgan fingerprint density at radius 1 is 1.17 bits per heavy atom. The number of fused-ring (bicyclic) bond motifs is 1. The van der Waals surface area contributed by atoms with Gasteiger partial charge in [-0.15, -0.1) is 11.8 Å². The van der Waals surface area contributed by atoms with E-state index in [4.69, 9.17) is 9.47 Å². The van der Waals surface area contributed by atoms with Crippen molar-refractivity contribution >= 4 is 17.7 Å². The fraction of sp³-hybridized carbons (Fsp3) is 0.957. The minimum atomic E-state index is -4.70. The maximum atomic E-state index is 13.8. The predicted octanol–water partition coefficient (Wildman–Crippen LogP) is 1.27. The smallest absolute Gasteiger partial charge is 0.388 e. The Balaban J connectivity index is 1.77. The Morgan fingerprint density at radius 3 is 2.46 bits per heavy atom. The zero-order valence-corrected chi connectivity index (χ0v) is 21.4. The molecule has 5 N–H and O–H groups in total. The standard InChI is InChI=1S/C23H39F3N2O6S/c1-10(2)7-12-5-6-33-19-13(8-12)9-27-15(19)21(32)28-14(11(3)23(24,25)26)20-17(30)16(29)18(31)22(34-20)35-4/h10-20,22,27,29-31H,5-9H2,1-4H3,(H,28,32)/t11?,12-,13-,14+,15-,16?,17?,18+,19+,20+,22?/m0/s1. The van der Waals surface area contributed by atoms with Crippen molar-refractivity contribution in [1.82, 2.24) is 10.6 Å². The van der Waals surface area contributed by atoms with Crippen molar-refractivity contribution in [3.05, 3.63) is 0 Å². The lowest BCUT2D eigenvalue weighted by atomic mass is 9.85. The minimum absolute atomic E-state index is 0.0739. The number of aliphatic hydroxyl groups excluding tert-OH is 3. The average Bonchev–Trinajstić information content (AvgIpc) is 3.06. The molecular weight excluding hydrogens is 489 g/mol. The highest BCUT2D eigenvalue weighted by atomic mass is 32.2. The van der Waals surface area contributed by atoms with Crippen molar-refractivity contribution in [1.29, 1.82) is 0 Å². The first-order chi connectivity index (χ1) is 16.3. The molecular formula is C23H39F3N2O6S. The number of amides is 1. The summed E-state index contributed by atoms with van der Waals surface area (Å²) in [7, 11) is 0. The molecule has 35 heavy (non-hydrogen) atoms. The van der Waals surface area contributed by atoms with Gasteiger partial charge in [0.25, 0.3) is 0 Å². The van der Waals surface area contributed by atoms with Crippen LogP contribution in [0.1, 0.15) is 40.0 Å². The Kier molecular flexibility index (Phi) is 9.78. The number of carbonyl (C=O) groups is 1. The average molecular weight is 529 g/mol. The van der Waals surface area contributed by atoms with Crippen molar-refractivity contribution in [2.24, 2.45) is 23.7 Å². The Hall–Kier alpha value is -0.630. The maximum absolute atomic E-state index is 13.8. The number of halogens is 3. The summed E-state index contributed by atoms with van der Waals surface area (Å²) in [6.07, 6.45) is -7.38. The van der Waals surface area contributed by atoms with E-state index in [1.807, 2.05) is 0 Å². The number of thioether (sulfide) groups is 1. The second-order valence-electron chi connectivity index (χ2n) is 10.5. The van der Waals surface area contributed by atoms with Gasteiger partial charge in [-0.2, -0.15) is 13.2 Å².